The van der Waals surface area contributed by atoms with Crippen LogP contribution in [0.1, 0.15) is 32.1 Å². The number of ether oxygens (including phenoxy) is 2. The maximum Gasteiger partial charge on any atom is 0.100 e. The van der Waals surface area contributed by atoms with Crippen molar-refractivity contribution in [3.8, 4) is 0 Å². The van der Waals surface area contributed by atoms with E-state index in [0.717, 1.165) is 38.6 Å². The van der Waals surface area contributed by atoms with Crippen LogP contribution in [-0.2, 0) is 16.0 Å². The molecule has 122 valence electrons. The lowest BCUT2D eigenvalue weighted by molar-refractivity contribution is -0.0779. The summed E-state index contributed by atoms with van der Waals surface area (Å²) in [6.45, 7) is 4.96. The molecule has 3 heterocycles. The lowest BCUT2D eigenvalue weighted by Gasteiger charge is -2.32. The van der Waals surface area contributed by atoms with Gasteiger partial charge in [-0.25, -0.2) is 0 Å². The number of aryl methyl sites for hydroxylation is 1. The van der Waals surface area contributed by atoms with Gasteiger partial charge in [0.15, 0.2) is 0 Å². The summed E-state index contributed by atoms with van der Waals surface area (Å²) in [6.07, 6.45) is 10.7. The number of likely N-dealkylation sites (tertiary alicyclic amines) is 1. The fourth-order valence-electron chi connectivity index (χ4n) is 3.89. The zero-order chi connectivity index (χ0) is 14.8. The van der Waals surface area contributed by atoms with Crippen LogP contribution < -0.4 is 0 Å². The van der Waals surface area contributed by atoms with E-state index in [1.807, 2.05) is 23.1 Å². The number of aromatic nitrogens is 2. The Kier molecular flexibility index (Phi) is 4.46. The van der Waals surface area contributed by atoms with Crippen LogP contribution in [0.4, 0.5) is 0 Å². The van der Waals surface area contributed by atoms with Gasteiger partial charge in [0.05, 0.1) is 6.10 Å². The fourth-order valence-corrected chi connectivity index (χ4v) is 3.89. The second-order valence-electron chi connectivity index (χ2n) is 6.97. The van der Waals surface area contributed by atoms with E-state index in [0.29, 0.717) is 12.1 Å². The normalized spacial score (nSPS) is 32.3. The zero-order valence-electron chi connectivity index (χ0n) is 13.3. The van der Waals surface area contributed by atoms with Gasteiger partial charge in [0.25, 0.3) is 0 Å². The molecule has 0 bridgehead atoms. The van der Waals surface area contributed by atoms with Crippen LogP contribution in [-0.4, -0.2) is 59.2 Å². The first-order chi connectivity index (χ1) is 10.9. The Morgan fingerprint density at radius 3 is 3.05 bits per heavy atom. The summed E-state index contributed by atoms with van der Waals surface area (Å²) in [6, 6.07) is 2.57. The molecule has 0 aromatic carbocycles. The molecule has 0 spiro atoms. The highest BCUT2D eigenvalue weighted by molar-refractivity contribution is 4.98. The topological polar surface area (TPSA) is 39.5 Å². The van der Waals surface area contributed by atoms with Crippen molar-refractivity contribution in [1.82, 2.24) is 14.7 Å². The quantitative estimate of drug-likeness (QED) is 0.722. The Balaban J connectivity index is 1.26. The Labute approximate surface area is 132 Å². The van der Waals surface area contributed by atoms with Gasteiger partial charge in [0, 0.05) is 51.3 Å². The summed E-state index contributed by atoms with van der Waals surface area (Å²) in [7, 11) is 0. The average Bonchev–Trinajstić information content (AvgIpc) is 3.08. The molecular formula is C17H27N3O2. The summed E-state index contributed by atoms with van der Waals surface area (Å²) in [5.41, 5.74) is 0. The van der Waals surface area contributed by atoms with Gasteiger partial charge in [0.1, 0.15) is 6.10 Å². The average molecular weight is 305 g/mol. The van der Waals surface area contributed by atoms with Gasteiger partial charge in [-0.1, -0.05) is 0 Å². The molecule has 0 radical (unpaired) electrons. The van der Waals surface area contributed by atoms with Crippen LogP contribution in [0.5, 0.6) is 0 Å². The molecule has 1 aromatic rings. The predicted molar refractivity (Wildman–Crippen MR) is 83.6 cm³/mol. The summed E-state index contributed by atoms with van der Waals surface area (Å²) in [4.78, 5) is 2.65. The highest BCUT2D eigenvalue weighted by atomic mass is 16.5. The van der Waals surface area contributed by atoms with Gasteiger partial charge in [-0.15, -0.1) is 0 Å². The molecule has 22 heavy (non-hydrogen) atoms. The number of hydrogen-bond acceptors (Lipinski definition) is 4. The SMILES string of the molecule is c1cnn(CCCO[C@@H]2CN(CC3CC3)[C@@H]3CCCO[C@@H]32)c1. The first-order valence-corrected chi connectivity index (χ1v) is 8.85. The molecule has 3 aliphatic rings. The standard InChI is InChI=1S/C17H27N3O2/c1-4-15-17(22-10-1)16(13-19(15)12-14-5-6-14)21-11-3-9-20-8-2-7-18-20/h2,7-8,14-17H,1,3-6,9-13H2/t15-,16-,17+/m1/s1. The third-order valence-electron chi connectivity index (χ3n) is 5.20. The smallest absolute Gasteiger partial charge is 0.100 e. The fraction of sp³-hybridized carbons (Fsp3) is 0.824. The second kappa shape index (κ2) is 6.69. The van der Waals surface area contributed by atoms with Crippen molar-refractivity contribution in [1.29, 1.82) is 0 Å². The van der Waals surface area contributed by atoms with E-state index < -0.39 is 0 Å². The van der Waals surface area contributed by atoms with Crippen molar-refractivity contribution in [3.05, 3.63) is 18.5 Å². The third-order valence-corrected chi connectivity index (χ3v) is 5.20. The van der Waals surface area contributed by atoms with Gasteiger partial charge in [-0.05, 0) is 44.1 Å². The summed E-state index contributed by atoms with van der Waals surface area (Å²) in [5, 5.41) is 4.23. The molecule has 4 rings (SSSR count). The highest BCUT2D eigenvalue weighted by Crippen LogP contribution is 2.36. The van der Waals surface area contributed by atoms with Crippen molar-refractivity contribution in [2.24, 2.45) is 5.92 Å². The number of fused-ring (bicyclic) bond motifs is 1. The molecule has 5 heteroatoms. The van der Waals surface area contributed by atoms with Gasteiger partial charge in [-0.2, -0.15) is 5.10 Å². The van der Waals surface area contributed by atoms with Crippen molar-refractivity contribution in [3.63, 3.8) is 0 Å². The van der Waals surface area contributed by atoms with E-state index in [1.54, 1.807) is 0 Å². The Bertz CT molecular complexity index is 460. The molecule has 3 fully saturated rings. The number of rotatable bonds is 7. The van der Waals surface area contributed by atoms with Gasteiger partial charge in [-0.3, -0.25) is 9.58 Å². The minimum atomic E-state index is 0.265. The molecule has 2 saturated heterocycles. The van der Waals surface area contributed by atoms with E-state index in [1.165, 1.54) is 32.2 Å². The molecule has 0 unspecified atom stereocenters. The minimum Gasteiger partial charge on any atom is -0.374 e. The third kappa shape index (κ3) is 3.36. The van der Waals surface area contributed by atoms with E-state index in [2.05, 4.69) is 10.00 Å². The van der Waals surface area contributed by atoms with Crippen LogP contribution in [0, 0.1) is 5.92 Å². The molecule has 2 aliphatic heterocycles. The van der Waals surface area contributed by atoms with Crippen LogP contribution in [0.2, 0.25) is 0 Å². The predicted octanol–water partition coefficient (Wildman–Crippen LogP) is 1.93. The monoisotopic (exact) mass is 305 g/mol. The second-order valence-corrected chi connectivity index (χ2v) is 6.97. The van der Waals surface area contributed by atoms with Crippen molar-refractivity contribution in [2.45, 2.75) is 56.9 Å². The molecule has 5 nitrogen and oxygen atoms in total. The van der Waals surface area contributed by atoms with E-state index in [-0.39, 0.29) is 6.10 Å². The van der Waals surface area contributed by atoms with Crippen molar-refractivity contribution >= 4 is 0 Å². The van der Waals surface area contributed by atoms with Gasteiger partial charge < -0.3 is 9.47 Å². The van der Waals surface area contributed by atoms with Gasteiger partial charge in [0.2, 0.25) is 0 Å². The Hall–Kier alpha value is -0.910. The minimum absolute atomic E-state index is 0.265. The first kappa shape index (κ1) is 14.7. The van der Waals surface area contributed by atoms with Gasteiger partial charge >= 0.3 is 0 Å². The summed E-state index contributed by atoms with van der Waals surface area (Å²) >= 11 is 0. The van der Waals surface area contributed by atoms with E-state index >= 15 is 0 Å². The Morgan fingerprint density at radius 2 is 2.23 bits per heavy atom. The lowest BCUT2D eigenvalue weighted by Crippen LogP contribution is -2.42. The zero-order valence-corrected chi connectivity index (χ0v) is 13.3. The Morgan fingerprint density at radius 1 is 1.27 bits per heavy atom. The molecule has 0 N–H and O–H groups in total. The summed E-state index contributed by atoms with van der Waals surface area (Å²) < 4.78 is 14.2. The maximum atomic E-state index is 6.20. The first-order valence-electron chi connectivity index (χ1n) is 8.85. The van der Waals surface area contributed by atoms with Crippen LogP contribution in [0.25, 0.3) is 0 Å². The number of hydrogen-bond donors (Lipinski definition) is 0. The van der Waals surface area contributed by atoms with Crippen molar-refractivity contribution in [2.75, 3.05) is 26.3 Å². The highest BCUT2D eigenvalue weighted by Gasteiger charge is 2.45. The maximum absolute atomic E-state index is 6.20. The van der Waals surface area contributed by atoms with E-state index in [9.17, 15) is 0 Å². The molecule has 1 aliphatic carbocycles. The molecular weight excluding hydrogens is 278 g/mol. The molecule has 1 aromatic heterocycles. The van der Waals surface area contributed by atoms with Crippen molar-refractivity contribution < 1.29 is 9.47 Å². The summed E-state index contributed by atoms with van der Waals surface area (Å²) in [5.74, 6) is 0.946. The van der Waals surface area contributed by atoms with Crippen LogP contribution >= 0.6 is 0 Å². The lowest BCUT2D eigenvalue weighted by atomic mass is 10.0. The molecule has 3 atom stereocenters. The molecule has 1 saturated carbocycles. The van der Waals surface area contributed by atoms with Crippen LogP contribution in [0.15, 0.2) is 18.5 Å². The number of nitrogens with zero attached hydrogens (tertiary/aromatic N) is 3. The van der Waals surface area contributed by atoms with Crippen LogP contribution in [0.3, 0.4) is 0 Å². The molecule has 0 amide bonds. The van der Waals surface area contributed by atoms with E-state index in [4.69, 9.17) is 9.47 Å². The largest absolute Gasteiger partial charge is 0.374 e.